The standard InChI is InChI=1S/C19H14ClN3O3S2/c1-28(25,26)12-5-6-14(20)13(10-12)19(24)21-11-4-7-15-16(9-11)23-18(22-15)17-3-2-8-27-17/h2-10H,1H3,(H,21,24)(H,22,23). The van der Waals surface area contributed by atoms with E-state index in [1.165, 1.54) is 18.2 Å². The Morgan fingerprint density at radius 3 is 2.71 bits per heavy atom. The summed E-state index contributed by atoms with van der Waals surface area (Å²) in [5.74, 6) is 0.269. The number of sulfone groups is 1. The van der Waals surface area contributed by atoms with Crippen molar-refractivity contribution in [1.82, 2.24) is 9.97 Å². The number of hydrogen-bond donors (Lipinski definition) is 2. The normalized spacial score (nSPS) is 11.6. The summed E-state index contributed by atoms with van der Waals surface area (Å²) in [5, 5.41) is 4.90. The average molecular weight is 432 g/mol. The highest BCUT2D eigenvalue weighted by Gasteiger charge is 2.16. The van der Waals surface area contributed by atoms with Gasteiger partial charge in [0.1, 0.15) is 5.82 Å². The van der Waals surface area contributed by atoms with E-state index in [1.54, 1.807) is 29.5 Å². The van der Waals surface area contributed by atoms with Crippen molar-refractivity contribution in [2.75, 3.05) is 11.6 Å². The monoisotopic (exact) mass is 431 g/mol. The van der Waals surface area contributed by atoms with Gasteiger partial charge in [0.2, 0.25) is 0 Å². The summed E-state index contributed by atoms with van der Waals surface area (Å²) in [7, 11) is -3.45. The Morgan fingerprint density at radius 1 is 1.18 bits per heavy atom. The van der Waals surface area contributed by atoms with Crippen LogP contribution in [0.5, 0.6) is 0 Å². The first kappa shape index (κ1) is 18.7. The maximum atomic E-state index is 12.6. The number of H-pyrrole nitrogens is 1. The zero-order valence-corrected chi connectivity index (χ0v) is 17.0. The number of amides is 1. The molecule has 2 aromatic heterocycles. The van der Waals surface area contributed by atoms with Gasteiger partial charge in [0.05, 0.1) is 31.4 Å². The Bertz CT molecular complexity index is 1300. The predicted molar refractivity (Wildman–Crippen MR) is 112 cm³/mol. The third kappa shape index (κ3) is 3.66. The number of fused-ring (bicyclic) bond motifs is 1. The van der Waals surface area contributed by atoms with Crippen LogP contribution >= 0.6 is 22.9 Å². The quantitative estimate of drug-likeness (QED) is 0.494. The van der Waals surface area contributed by atoms with E-state index in [-0.39, 0.29) is 15.5 Å². The molecule has 0 unspecified atom stereocenters. The van der Waals surface area contributed by atoms with Gasteiger partial charge in [0.15, 0.2) is 9.84 Å². The number of hydrogen-bond acceptors (Lipinski definition) is 5. The van der Waals surface area contributed by atoms with E-state index < -0.39 is 15.7 Å². The molecule has 0 aliphatic rings. The summed E-state index contributed by atoms with van der Waals surface area (Å²) in [4.78, 5) is 21.5. The molecule has 4 rings (SSSR count). The molecule has 0 bridgehead atoms. The molecule has 0 aliphatic carbocycles. The number of nitrogens with one attached hydrogen (secondary N) is 2. The minimum atomic E-state index is -3.45. The van der Waals surface area contributed by atoms with Gasteiger partial charge in [-0.2, -0.15) is 0 Å². The highest BCUT2D eigenvalue weighted by Crippen LogP contribution is 2.27. The third-order valence-electron chi connectivity index (χ3n) is 4.10. The number of benzene rings is 2. The maximum absolute atomic E-state index is 12.6. The largest absolute Gasteiger partial charge is 0.337 e. The van der Waals surface area contributed by atoms with Crippen molar-refractivity contribution in [3.05, 3.63) is 64.5 Å². The summed E-state index contributed by atoms with van der Waals surface area (Å²) < 4.78 is 23.5. The Labute approximate surface area is 170 Å². The van der Waals surface area contributed by atoms with E-state index in [2.05, 4.69) is 15.3 Å². The first-order chi connectivity index (χ1) is 13.3. The lowest BCUT2D eigenvalue weighted by Crippen LogP contribution is -2.13. The first-order valence-corrected chi connectivity index (χ1v) is 11.3. The number of carbonyl (C=O) groups is 1. The molecule has 4 aromatic rings. The zero-order valence-electron chi connectivity index (χ0n) is 14.6. The second-order valence-corrected chi connectivity index (χ2v) is 9.53. The van der Waals surface area contributed by atoms with Crippen molar-refractivity contribution in [2.45, 2.75) is 4.90 Å². The van der Waals surface area contributed by atoms with Crippen LogP contribution in [-0.4, -0.2) is 30.5 Å². The number of imidazole rings is 1. The highest BCUT2D eigenvalue weighted by molar-refractivity contribution is 7.90. The molecule has 6 nitrogen and oxygen atoms in total. The maximum Gasteiger partial charge on any atom is 0.257 e. The lowest BCUT2D eigenvalue weighted by molar-refractivity contribution is 0.102. The molecule has 0 fully saturated rings. The van der Waals surface area contributed by atoms with Crippen LogP contribution in [0.4, 0.5) is 5.69 Å². The fourth-order valence-corrected chi connectivity index (χ4v) is 4.24. The first-order valence-electron chi connectivity index (χ1n) is 8.16. The predicted octanol–water partition coefficient (Wildman–Crippen LogP) is 4.60. The fraction of sp³-hybridized carbons (Fsp3) is 0.0526. The molecule has 142 valence electrons. The van der Waals surface area contributed by atoms with Crippen molar-refractivity contribution in [3.8, 4) is 10.7 Å². The van der Waals surface area contributed by atoms with Gasteiger partial charge in [-0.15, -0.1) is 11.3 Å². The lowest BCUT2D eigenvalue weighted by atomic mass is 10.2. The molecule has 9 heteroatoms. The molecule has 0 saturated heterocycles. The van der Waals surface area contributed by atoms with Gasteiger partial charge in [0.25, 0.3) is 5.91 Å². The van der Waals surface area contributed by atoms with E-state index >= 15 is 0 Å². The summed E-state index contributed by atoms with van der Waals surface area (Å²) in [5.41, 5.74) is 2.18. The average Bonchev–Trinajstić information content (AvgIpc) is 3.30. The number of rotatable bonds is 4. The Morgan fingerprint density at radius 2 is 2.00 bits per heavy atom. The third-order valence-corrected chi connectivity index (χ3v) is 6.42. The van der Waals surface area contributed by atoms with Crippen molar-refractivity contribution in [2.24, 2.45) is 0 Å². The minimum Gasteiger partial charge on any atom is -0.337 e. The summed E-state index contributed by atoms with van der Waals surface area (Å²) in [6, 6.07) is 13.3. The van der Waals surface area contributed by atoms with Crippen LogP contribution in [0.15, 0.2) is 58.8 Å². The Balaban J connectivity index is 1.64. The van der Waals surface area contributed by atoms with Crippen molar-refractivity contribution >= 4 is 55.4 Å². The van der Waals surface area contributed by atoms with Gasteiger partial charge in [-0.3, -0.25) is 4.79 Å². The number of nitrogens with zero attached hydrogens (tertiary/aromatic N) is 1. The van der Waals surface area contributed by atoms with Crippen molar-refractivity contribution in [3.63, 3.8) is 0 Å². The van der Waals surface area contributed by atoms with Crippen LogP contribution in [0, 0.1) is 0 Å². The molecule has 28 heavy (non-hydrogen) atoms. The number of aromatic amines is 1. The molecular weight excluding hydrogens is 418 g/mol. The van der Waals surface area contributed by atoms with E-state index in [4.69, 9.17) is 11.6 Å². The number of halogens is 1. The molecule has 0 aliphatic heterocycles. The summed E-state index contributed by atoms with van der Waals surface area (Å²) in [6.45, 7) is 0. The SMILES string of the molecule is CS(=O)(=O)c1ccc(Cl)c(C(=O)Nc2ccc3nc(-c4cccs4)[nH]c3c2)c1. The van der Waals surface area contributed by atoms with Crippen molar-refractivity contribution < 1.29 is 13.2 Å². The van der Waals surface area contributed by atoms with Crippen LogP contribution in [0.25, 0.3) is 21.7 Å². The van der Waals surface area contributed by atoms with Gasteiger partial charge in [-0.1, -0.05) is 17.7 Å². The number of aromatic nitrogens is 2. The van der Waals surface area contributed by atoms with Crippen LogP contribution in [0.2, 0.25) is 5.02 Å². The molecule has 0 radical (unpaired) electrons. The highest BCUT2D eigenvalue weighted by atomic mass is 35.5. The fourth-order valence-electron chi connectivity index (χ4n) is 2.72. The number of anilines is 1. The Hall–Kier alpha value is -2.68. The van der Waals surface area contributed by atoms with Crippen LogP contribution < -0.4 is 5.32 Å². The van der Waals surface area contributed by atoms with E-state index in [0.29, 0.717) is 5.69 Å². The van der Waals surface area contributed by atoms with Crippen LogP contribution in [0.1, 0.15) is 10.4 Å². The molecule has 1 amide bonds. The zero-order chi connectivity index (χ0) is 19.9. The lowest BCUT2D eigenvalue weighted by Gasteiger charge is -2.08. The molecular formula is C19H14ClN3O3S2. The molecule has 0 spiro atoms. The number of thiophene rings is 1. The van der Waals surface area contributed by atoms with Gasteiger partial charge in [-0.25, -0.2) is 13.4 Å². The van der Waals surface area contributed by atoms with Gasteiger partial charge < -0.3 is 10.3 Å². The topological polar surface area (TPSA) is 91.9 Å². The summed E-state index contributed by atoms with van der Waals surface area (Å²) >= 11 is 7.67. The van der Waals surface area contributed by atoms with Crippen LogP contribution in [-0.2, 0) is 9.84 Å². The summed E-state index contributed by atoms with van der Waals surface area (Å²) in [6.07, 6.45) is 1.08. The number of carbonyl (C=O) groups excluding carboxylic acids is 1. The smallest absolute Gasteiger partial charge is 0.257 e. The second-order valence-electron chi connectivity index (χ2n) is 6.16. The minimum absolute atomic E-state index is 0.0339. The van der Waals surface area contributed by atoms with E-state index in [9.17, 15) is 13.2 Å². The molecule has 2 aromatic carbocycles. The van der Waals surface area contributed by atoms with Gasteiger partial charge in [0, 0.05) is 11.9 Å². The molecule has 0 atom stereocenters. The van der Waals surface area contributed by atoms with Gasteiger partial charge in [-0.05, 0) is 47.8 Å². The van der Waals surface area contributed by atoms with E-state index in [1.807, 2.05) is 17.5 Å². The van der Waals surface area contributed by atoms with E-state index in [0.717, 1.165) is 28.0 Å². The molecule has 0 saturated carbocycles. The Kier molecular flexibility index (Phi) is 4.70. The second kappa shape index (κ2) is 7.05. The van der Waals surface area contributed by atoms with Gasteiger partial charge >= 0.3 is 0 Å². The molecule has 2 heterocycles. The molecule has 2 N–H and O–H groups in total. The van der Waals surface area contributed by atoms with Crippen LogP contribution in [0.3, 0.4) is 0 Å². The van der Waals surface area contributed by atoms with Crippen molar-refractivity contribution in [1.29, 1.82) is 0 Å².